The standard InChI is InChI=1S/C20H13N3O6/c1-29-16-7-2-4-11(18(16)24)10-21-22-19(25)13-6-3-5-12-15(23(27)28)9-8-14(17(12)13)20(22)26/h2-10,24H,1H3. The van der Waals surface area contributed by atoms with Crippen molar-refractivity contribution >= 4 is 34.5 Å². The number of nitro benzene ring substituents is 1. The average molecular weight is 391 g/mol. The van der Waals surface area contributed by atoms with Gasteiger partial charge in [-0.1, -0.05) is 12.1 Å². The molecule has 0 fully saturated rings. The predicted octanol–water partition coefficient (Wildman–Crippen LogP) is 3.09. The molecule has 4 rings (SSSR count). The molecule has 1 N–H and O–H groups in total. The molecule has 0 radical (unpaired) electrons. The zero-order valence-corrected chi connectivity index (χ0v) is 15.0. The third-order valence-electron chi connectivity index (χ3n) is 4.62. The molecule has 0 aliphatic carbocycles. The molecular formula is C20H13N3O6. The Morgan fingerprint density at radius 3 is 2.45 bits per heavy atom. The second-order valence-electron chi connectivity index (χ2n) is 6.18. The van der Waals surface area contributed by atoms with Gasteiger partial charge in [-0.3, -0.25) is 19.7 Å². The number of carbonyl (C=O) groups excluding carboxylic acids is 2. The van der Waals surface area contributed by atoms with E-state index in [-0.39, 0.29) is 44.6 Å². The van der Waals surface area contributed by atoms with Gasteiger partial charge in [0, 0.05) is 17.0 Å². The highest BCUT2D eigenvalue weighted by molar-refractivity contribution is 6.26. The van der Waals surface area contributed by atoms with E-state index in [4.69, 9.17) is 4.74 Å². The molecule has 1 aliphatic heterocycles. The summed E-state index contributed by atoms with van der Waals surface area (Å²) in [4.78, 5) is 36.4. The Morgan fingerprint density at radius 1 is 1.07 bits per heavy atom. The highest BCUT2D eigenvalue weighted by Gasteiger charge is 2.34. The number of nitrogens with zero attached hydrogens (tertiary/aromatic N) is 3. The zero-order chi connectivity index (χ0) is 20.7. The maximum Gasteiger partial charge on any atom is 0.282 e. The second-order valence-corrected chi connectivity index (χ2v) is 6.18. The van der Waals surface area contributed by atoms with E-state index in [9.17, 15) is 24.8 Å². The topological polar surface area (TPSA) is 122 Å². The number of imide groups is 1. The van der Waals surface area contributed by atoms with Gasteiger partial charge in [-0.15, -0.1) is 0 Å². The van der Waals surface area contributed by atoms with Gasteiger partial charge < -0.3 is 9.84 Å². The lowest BCUT2D eigenvalue weighted by molar-refractivity contribution is -0.383. The summed E-state index contributed by atoms with van der Waals surface area (Å²) in [6.45, 7) is 0. The molecule has 0 saturated heterocycles. The fourth-order valence-corrected chi connectivity index (χ4v) is 3.26. The maximum atomic E-state index is 12.9. The van der Waals surface area contributed by atoms with Crippen molar-refractivity contribution in [2.24, 2.45) is 5.10 Å². The second kappa shape index (κ2) is 6.71. The highest BCUT2D eigenvalue weighted by atomic mass is 16.6. The number of nitro groups is 1. The molecule has 1 heterocycles. The number of amides is 2. The molecule has 3 aromatic rings. The van der Waals surface area contributed by atoms with Crippen LogP contribution < -0.4 is 4.74 Å². The van der Waals surface area contributed by atoms with Crippen LogP contribution in [-0.2, 0) is 0 Å². The van der Waals surface area contributed by atoms with E-state index in [1.54, 1.807) is 12.1 Å². The van der Waals surface area contributed by atoms with Crippen LogP contribution in [0.1, 0.15) is 26.3 Å². The monoisotopic (exact) mass is 391 g/mol. The van der Waals surface area contributed by atoms with Gasteiger partial charge in [-0.05, 0) is 30.3 Å². The Bertz CT molecular complexity index is 1210. The number of carbonyl (C=O) groups is 2. The minimum atomic E-state index is -0.716. The van der Waals surface area contributed by atoms with Crippen molar-refractivity contribution in [2.75, 3.05) is 7.11 Å². The van der Waals surface area contributed by atoms with E-state index < -0.39 is 16.7 Å². The number of phenolic OH excluding ortho intramolecular Hbond substituents is 1. The quantitative estimate of drug-likeness (QED) is 0.316. The number of benzene rings is 3. The molecular weight excluding hydrogens is 378 g/mol. The SMILES string of the molecule is COc1cccc(C=NN2C(=O)c3cccc4c([N+](=O)[O-])ccc(c34)C2=O)c1O. The number of hydrogen-bond acceptors (Lipinski definition) is 7. The number of methoxy groups -OCH3 is 1. The van der Waals surface area contributed by atoms with Crippen LogP contribution in [0.25, 0.3) is 10.8 Å². The summed E-state index contributed by atoms with van der Waals surface area (Å²) >= 11 is 0. The van der Waals surface area contributed by atoms with Crippen molar-refractivity contribution in [1.29, 1.82) is 0 Å². The Balaban J connectivity index is 1.81. The van der Waals surface area contributed by atoms with Crippen molar-refractivity contribution < 1.29 is 24.4 Å². The number of non-ortho nitro benzene ring substituents is 1. The van der Waals surface area contributed by atoms with Gasteiger partial charge in [0.2, 0.25) is 0 Å². The smallest absolute Gasteiger partial charge is 0.282 e. The van der Waals surface area contributed by atoms with Crippen LogP contribution in [-0.4, -0.2) is 40.2 Å². The van der Waals surface area contributed by atoms with Crippen LogP contribution >= 0.6 is 0 Å². The Morgan fingerprint density at radius 2 is 1.76 bits per heavy atom. The summed E-state index contributed by atoms with van der Waals surface area (Å²) < 4.78 is 5.02. The van der Waals surface area contributed by atoms with Gasteiger partial charge in [-0.25, -0.2) is 0 Å². The molecule has 9 nitrogen and oxygen atoms in total. The maximum absolute atomic E-state index is 12.9. The first-order valence-corrected chi connectivity index (χ1v) is 8.43. The van der Waals surface area contributed by atoms with Gasteiger partial charge >= 0.3 is 0 Å². The predicted molar refractivity (Wildman–Crippen MR) is 103 cm³/mol. The lowest BCUT2D eigenvalue weighted by atomic mass is 9.94. The fraction of sp³-hybridized carbons (Fsp3) is 0.0500. The molecule has 0 unspecified atom stereocenters. The summed E-state index contributed by atoms with van der Waals surface area (Å²) in [5, 5.41) is 26.5. The molecule has 0 saturated carbocycles. The third-order valence-corrected chi connectivity index (χ3v) is 4.62. The lowest BCUT2D eigenvalue weighted by Gasteiger charge is -2.23. The van der Waals surface area contributed by atoms with Gasteiger partial charge in [0.25, 0.3) is 17.5 Å². The normalized spacial score (nSPS) is 13.3. The molecule has 2 amide bonds. The van der Waals surface area contributed by atoms with Crippen molar-refractivity contribution in [3.8, 4) is 11.5 Å². The lowest BCUT2D eigenvalue weighted by Crippen LogP contribution is -2.36. The molecule has 3 aromatic carbocycles. The van der Waals surface area contributed by atoms with Crippen LogP contribution in [0.5, 0.6) is 11.5 Å². The molecule has 0 aromatic heterocycles. The number of aromatic hydroxyl groups is 1. The molecule has 0 spiro atoms. The van der Waals surface area contributed by atoms with E-state index in [0.29, 0.717) is 5.01 Å². The minimum absolute atomic E-state index is 0.132. The minimum Gasteiger partial charge on any atom is -0.504 e. The number of ether oxygens (including phenoxy) is 1. The summed E-state index contributed by atoms with van der Waals surface area (Å²) in [6.07, 6.45) is 1.17. The van der Waals surface area contributed by atoms with E-state index in [0.717, 1.165) is 0 Å². The average Bonchev–Trinajstić information content (AvgIpc) is 2.72. The first-order chi connectivity index (χ1) is 13.9. The first-order valence-electron chi connectivity index (χ1n) is 8.43. The summed E-state index contributed by atoms with van der Waals surface area (Å²) in [6, 6.07) is 11.7. The van der Waals surface area contributed by atoms with E-state index in [2.05, 4.69) is 5.10 Å². The van der Waals surface area contributed by atoms with Gasteiger partial charge in [0.05, 0.1) is 34.8 Å². The number of para-hydroxylation sites is 1. The van der Waals surface area contributed by atoms with Crippen molar-refractivity contribution in [3.05, 3.63) is 75.3 Å². The molecule has 1 aliphatic rings. The Hall–Kier alpha value is -4.27. The molecule has 0 atom stereocenters. The van der Waals surface area contributed by atoms with Crippen LogP contribution in [0.15, 0.2) is 53.6 Å². The number of rotatable bonds is 4. The van der Waals surface area contributed by atoms with Gasteiger partial charge in [-0.2, -0.15) is 10.1 Å². The number of phenols is 1. The van der Waals surface area contributed by atoms with Gasteiger partial charge in [0.1, 0.15) is 0 Å². The van der Waals surface area contributed by atoms with Crippen LogP contribution in [0.2, 0.25) is 0 Å². The largest absolute Gasteiger partial charge is 0.504 e. The zero-order valence-electron chi connectivity index (χ0n) is 15.0. The van der Waals surface area contributed by atoms with E-state index in [1.165, 1.54) is 49.7 Å². The summed E-state index contributed by atoms with van der Waals surface area (Å²) in [5.74, 6) is -1.40. The molecule has 0 bridgehead atoms. The molecule has 144 valence electrons. The van der Waals surface area contributed by atoms with Crippen molar-refractivity contribution in [2.45, 2.75) is 0 Å². The highest BCUT2D eigenvalue weighted by Crippen LogP contribution is 2.35. The summed E-state index contributed by atoms with van der Waals surface area (Å²) in [5.41, 5.74) is 0.322. The van der Waals surface area contributed by atoms with E-state index >= 15 is 0 Å². The van der Waals surface area contributed by atoms with Gasteiger partial charge in [0.15, 0.2) is 11.5 Å². The Labute approximate surface area is 163 Å². The number of hydrazone groups is 1. The van der Waals surface area contributed by atoms with Crippen LogP contribution in [0.4, 0.5) is 5.69 Å². The van der Waals surface area contributed by atoms with Crippen LogP contribution in [0, 0.1) is 10.1 Å². The van der Waals surface area contributed by atoms with Crippen LogP contribution in [0.3, 0.4) is 0 Å². The summed E-state index contributed by atoms with van der Waals surface area (Å²) in [7, 11) is 1.39. The Kier molecular flexibility index (Phi) is 4.19. The number of hydrogen-bond donors (Lipinski definition) is 1. The van der Waals surface area contributed by atoms with Crippen molar-refractivity contribution in [1.82, 2.24) is 5.01 Å². The van der Waals surface area contributed by atoms with E-state index in [1.807, 2.05) is 0 Å². The fourth-order valence-electron chi connectivity index (χ4n) is 3.26. The third kappa shape index (κ3) is 2.76. The molecule has 9 heteroatoms. The molecule has 29 heavy (non-hydrogen) atoms. The van der Waals surface area contributed by atoms with Crippen molar-refractivity contribution in [3.63, 3.8) is 0 Å². The first kappa shape index (κ1) is 18.1.